The van der Waals surface area contributed by atoms with Crippen molar-refractivity contribution in [3.8, 4) is 0 Å². The Kier molecular flexibility index (Phi) is 5.15. The van der Waals surface area contributed by atoms with Crippen molar-refractivity contribution >= 4 is 17.6 Å². The molecule has 0 aromatic carbocycles. The van der Waals surface area contributed by atoms with E-state index < -0.39 is 0 Å². The first-order chi connectivity index (χ1) is 11.5. The summed E-state index contributed by atoms with van der Waals surface area (Å²) in [6.07, 6.45) is 2.22. The molecule has 0 bridgehead atoms. The van der Waals surface area contributed by atoms with E-state index in [1.165, 1.54) is 0 Å². The molecule has 1 aliphatic carbocycles. The molecule has 0 spiro atoms. The van der Waals surface area contributed by atoms with Gasteiger partial charge in [0, 0.05) is 38.3 Å². The van der Waals surface area contributed by atoms with Gasteiger partial charge in [0.2, 0.25) is 11.8 Å². The standard InChI is InChI=1S/C16H25N5O3/c1-11-9-14(19-24-11)18-16(23)12(2)21-7-5-20(6-8-21)10-15(22)17-13-3-4-13/h9,12-13H,3-8,10H2,1-2H3,(H,17,22)(H,18,19,23)/t12-/m0/s1. The second-order valence-electron chi connectivity index (χ2n) is 6.64. The van der Waals surface area contributed by atoms with Gasteiger partial charge in [-0.1, -0.05) is 5.16 Å². The van der Waals surface area contributed by atoms with Gasteiger partial charge >= 0.3 is 0 Å². The zero-order chi connectivity index (χ0) is 17.1. The van der Waals surface area contributed by atoms with Crippen molar-refractivity contribution < 1.29 is 14.1 Å². The van der Waals surface area contributed by atoms with Crippen LogP contribution in [0.3, 0.4) is 0 Å². The van der Waals surface area contributed by atoms with Crippen molar-refractivity contribution in [1.29, 1.82) is 0 Å². The summed E-state index contributed by atoms with van der Waals surface area (Å²) >= 11 is 0. The predicted molar refractivity (Wildman–Crippen MR) is 88.5 cm³/mol. The first-order valence-electron chi connectivity index (χ1n) is 8.51. The number of anilines is 1. The second kappa shape index (κ2) is 7.31. The minimum Gasteiger partial charge on any atom is -0.360 e. The van der Waals surface area contributed by atoms with Crippen LogP contribution < -0.4 is 10.6 Å². The molecule has 2 fully saturated rings. The molecular weight excluding hydrogens is 310 g/mol. The summed E-state index contributed by atoms with van der Waals surface area (Å²) in [6.45, 7) is 7.23. The van der Waals surface area contributed by atoms with Crippen LogP contribution in [-0.4, -0.2) is 71.6 Å². The zero-order valence-electron chi connectivity index (χ0n) is 14.2. The van der Waals surface area contributed by atoms with Crippen LogP contribution in [0.4, 0.5) is 5.82 Å². The van der Waals surface area contributed by atoms with Crippen molar-refractivity contribution in [2.75, 3.05) is 38.0 Å². The first kappa shape index (κ1) is 16.9. The fraction of sp³-hybridized carbons (Fsp3) is 0.688. The molecule has 24 heavy (non-hydrogen) atoms. The molecule has 0 radical (unpaired) electrons. The highest BCUT2D eigenvalue weighted by atomic mass is 16.5. The van der Waals surface area contributed by atoms with E-state index in [1.807, 2.05) is 6.92 Å². The lowest BCUT2D eigenvalue weighted by molar-refractivity contribution is -0.124. The van der Waals surface area contributed by atoms with Crippen molar-refractivity contribution in [3.63, 3.8) is 0 Å². The summed E-state index contributed by atoms with van der Waals surface area (Å²) in [7, 11) is 0. The predicted octanol–water partition coefficient (Wildman–Crippen LogP) is 0.206. The molecule has 2 N–H and O–H groups in total. The normalized spacial score (nSPS) is 20.6. The molecule has 132 valence electrons. The lowest BCUT2D eigenvalue weighted by atomic mass is 10.2. The van der Waals surface area contributed by atoms with Gasteiger partial charge in [0.1, 0.15) is 5.76 Å². The number of aromatic nitrogens is 1. The molecule has 0 unspecified atom stereocenters. The van der Waals surface area contributed by atoms with Gasteiger partial charge in [0.15, 0.2) is 5.82 Å². The largest absolute Gasteiger partial charge is 0.360 e. The Morgan fingerprint density at radius 3 is 2.62 bits per heavy atom. The van der Waals surface area contributed by atoms with Crippen LogP contribution in [0.5, 0.6) is 0 Å². The molecule has 1 aliphatic heterocycles. The summed E-state index contributed by atoms with van der Waals surface area (Å²) in [4.78, 5) is 28.4. The highest BCUT2D eigenvalue weighted by molar-refractivity contribution is 5.93. The number of rotatable bonds is 6. The number of nitrogens with one attached hydrogen (secondary N) is 2. The van der Waals surface area contributed by atoms with E-state index in [9.17, 15) is 9.59 Å². The number of nitrogens with zero attached hydrogens (tertiary/aromatic N) is 3. The molecule has 1 atom stereocenters. The number of piperazine rings is 1. The van der Waals surface area contributed by atoms with Crippen molar-refractivity contribution in [2.24, 2.45) is 0 Å². The number of carbonyl (C=O) groups is 2. The Hall–Kier alpha value is -1.93. The molecule has 1 saturated carbocycles. The number of hydrogen-bond donors (Lipinski definition) is 2. The second-order valence-corrected chi connectivity index (χ2v) is 6.64. The third-order valence-electron chi connectivity index (χ3n) is 4.52. The van der Waals surface area contributed by atoms with Crippen molar-refractivity contribution in [3.05, 3.63) is 11.8 Å². The summed E-state index contributed by atoms with van der Waals surface area (Å²) in [5.74, 6) is 1.12. The van der Waals surface area contributed by atoms with E-state index in [0.29, 0.717) is 24.2 Å². The SMILES string of the molecule is Cc1cc(NC(=O)[C@H](C)N2CCN(CC(=O)NC3CC3)CC2)no1. The van der Waals surface area contributed by atoms with Crippen LogP contribution in [0.1, 0.15) is 25.5 Å². The number of aryl methyl sites for hydroxylation is 1. The van der Waals surface area contributed by atoms with Crippen LogP contribution in [0.15, 0.2) is 10.6 Å². The van der Waals surface area contributed by atoms with E-state index in [-0.39, 0.29) is 17.9 Å². The highest BCUT2D eigenvalue weighted by Gasteiger charge is 2.28. The topological polar surface area (TPSA) is 90.7 Å². The Bertz CT molecular complexity index is 590. The summed E-state index contributed by atoms with van der Waals surface area (Å²) < 4.78 is 4.95. The Balaban J connectivity index is 1.41. The van der Waals surface area contributed by atoms with Gasteiger partial charge in [-0.05, 0) is 26.7 Å². The van der Waals surface area contributed by atoms with Gasteiger partial charge in [-0.15, -0.1) is 0 Å². The van der Waals surface area contributed by atoms with Gasteiger partial charge in [-0.2, -0.15) is 0 Å². The molecule has 2 aliphatic rings. The van der Waals surface area contributed by atoms with Crippen LogP contribution >= 0.6 is 0 Å². The lowest BCUT2D eigenvalue weighted by Crippen LogP contribution is -2.54. The van der Waals surface area contributed by atoms with Gasteiger partial charge in [-0.25, -0.2) is 0 Å². The van der Waals surface area contributed by atoms with Crippen LogP contribution in [0, 0.1) is 6.92 Å². The summed E-state index contributed by atoms with van der Waals surface area (Å²) in [6, 6.07) is 1.85. The minimum absolute atomic E-state index is 0.0942. The molecule has 1 aromatic rings. The van der Waals surface area contributed by atoms with Crippen LogP contribution in [0.25, 0.3) is 0 Å². The smallest absolute Gasteiger partial charge is 0.242 e. The van der Waals surface area contributed by atoms with Crippen LogP contribution in [-0.2, 0) is 9.59 Å². The van der Waals surface area contributed by atoms with Gasteiger partial charge in [0.05, 0.1) is 12.6 Å². The molecule has 1 saturated heterocycles. The fourth-order valence-electron chi connectivity index (χ4n) is 2.83. The Labute approximate surface area is 141 Å². The average Bonchev–Trinajstić information content (AvgIpc) is 3.27. The van der Waals surface area contributed by atoms with E-state index >= 15 is 0 Å². The maximum atomic E-state index is 12.3. The minimum atomic E-state index is -0.246. The van der Waals surface area contributed by atoms with E-state index in [0.717, 1.165) is 39.0 Å². The summed E-state index contributed by atoms with van der Waals surface area (Å²) in [5.41, 5.74) is 0. The molecule has 2 amide bonds. The fourth-order valence-corrected chi connectivity index (χ4v) is 2.83. The maximum absolute atomic E-state index is 12.3. The maximum Gasteiger partial charge on any atom is 0.242 e. The number of hydrogen-bond acceptors (Lipinski definition) is 6. The third-order valence-corrected chi connectivity index (χ3v) is 4.52. The molecular formula is C16H25N5O3. The third kappa shape index (κ3) is 4.55. The molecule has 8 nitrogen and oxygen atoms in total. The monoisotopic (exact) mass is 335 g/mol. The van der Waals surface area contributed by atoms with E-state index in [2.05, 4.69) is 25.6 Å². The van der Waals surface area contributed by atoms with Gasteiger partial charge < -0.3 is 15.2 Å². The molecule has 8 heteroatoms. The molecule has 1 aromatic heterocycles. The number of amides is 2. The summed E-state index contributed by atoms with van der Waals surface area (Å²) in [5, 5.41) is 9.56. The Morgan fingerprint density at radius 1 is 1.33 bits per heavy atom. The molecule has 2 heterocycles. The Morgan fingerprint density at radius 2 is 2.04 bits per heavy atom. The first-order valence-corrected chi connectivity index (χ1v) is 8.51. The van der Waals surface area contributed by atoms with E-state index in [4.69, 9.17) is 4.52 Å². The quantitative estimate of drug-likeness (QED) is 0.772. The van der Waals surface area contributed by atoms with Gasteiger partial charge in [-0.3, -0.25) is 19.4 Å². The van der Waals surface area contributed by atoms with E-state index in [1.54, 1.807) is 13.0 Å². The van der Waals surface area contributed by atoms with Crippen molar-refractivity contribution in [1.82, 2.24) is 20.3 Å². The average molecular weight is 335 g/mol. The zero-order valence-corrected chi connectivity index (χ0v) is 14.2. The number of carbonyl (C=O) groups excluding carboxylic acids is 2. The van der Waals surface area contributed by atoms with Crippen LogP contribution in [0.2, 0.25) is 0 Å². The molecule has 3 rings (SSSR count). The van der Waals surface area contributed by atoms with Crippen molar-refractivity contribution in [2.45, 2.75) is 38.8 Å². The lowest BCUT2D eigenvalue weighted by Gasteiger charge is -2.37. The highest BCUT2D eigenvalue weighted by Crippen LogP contribution is 2.18. The van der Waals surface area contributed by atoms with Gasteiger partial charge in [0.25, 0.3) is 0 Å².